The second-order valence-corrected chi connectivity index (χ2v) is 30.8. The number of carboxylic acid groups (broad SMARTS) is 2. The predicted molar refractivity (Wildman–Crippen MR) is 435 cm³/mol. The van der Waals surface area contributed by atoms with Crippen LogP contribution >= 0.6 is 23.2 Å². The Balaban J connectivity index is 1.09. The van der Waals surface area contributed by atoms with E-state index in [1.54, 1.807) is 0 Å². The van der Waals surface area contributed by atoms with Gasteiger partial charge >= 0.3 is 11.9 Å². The molecule has 2 saturated heterocycles. The Kier molecular flexibility index (Phi) is 26.8. The first-order valence-corrected chi connectivity index (χ1v) is 39.3. The number of benzene rings is 7. The van der Waals surface area contributed by atoms with Crippen LogP contribution in [0.2, 0.25) is 10.0 Å². The van der Waals surface area contributed by atoms with Gasteiger partial charge in [-0.3, -0.25) is 0 Å². The lowest BCUT2D eigenvalue weighted by Gasteiger charge is -2.39. The first kappa shape index (κ1) is 87.2. The number of aromatic hydroxyl groups is 3. The number of phenolic OH excluding ortho intramolecular Hbond substituents is 3. The van der Waals surface area contributed by atoms with Crippen LogP contribution in [0.25, 0.3) is 11.1 Å². The Hall–Kier alpha value is -11.7. The van der Waals surface area contributed by atoms with E-state index in [9.17, 15) is 107 Å². The van der Waals surface area contributed by atoms with Crippen LogP contribution < -0.4 is 29.0 Å². The molecule has 17 bridgehead atoms. The highest BCUT2D eigenvalue weighted by Gasteiger charge is 2.51. The number of aliphatic hydroxyl groups excluding tert-OH is 14. The van der Waals surface area contributed by atoms with Gasteiger partial charge in [0.2, 0.25) is 53.7 Å². The first-order valence-electron chi connectivity index (χ1n) is 38.5. The third-order valence-electron chi connectivity index (χ3n) is 21.2. The number of aliphatic carboxylic acids is 2. The Morgan fingerprint density at radius 3 is 1.88 bits per heavy atom. The lowest BCUT2D eigenvalue weighted by Crippen LogP contribution is -2.60. The highest BCUT2D eigenvalue weighted by molar-refractivity contribution is 6.33. The molecule has 7 aromatic carbocycles. The monoisotopic (exact) mass is 1710 g/mol. The molecule has 0 amide bonds. The number of fused-ring (bicyclic) bond motifs is 12. The summed E-state index contributed by atoms with van der Waals surface area (Å²) in [6.07, 6.45) is -15.4. The lowest BCUT2D eigenvalue weighted by atomic mass is 9.90. The van der Waals surface area contributed by atoms with Gasteiger partial charge in [-0.25, -0.2) is 44.5 Å². The molecular formula is C83H88Cl2N8O28. The number of unbranched alkanes of at least 4 members (excludes halogenated alkanes) is 5. The Bertz CT molecular complexity index is 5260. The van der Waals surface area contributed by atoms with Gasteiger partial charge in [-0.05, 0) is 126 Å². The van der Waals surface area contributed by atoms with Gasteiger partial charge in [-0.15, -0.1) is 0 Å². The van der Waals surface area contributed by atoms with E-state index in [0.29, 0.717) is 24.3 Å². The molecule has 38 heteroatoms. The van der Waals surface area contributed by atoms with Gasteiger partial charge in [0.15, 0.2) is 65.2 Å². The minimum atomic E-state index is -2.42. The fourth-order valence-electron chi connectivity index (χ4n) is 14.8. The van der Waals surface area contributed by atoms with Crippen LogP contribution in [0.5, 0.6) is 63.2 Å². The molecule has 8 aliphatic heterocycles. The van der Waals surface area contributed by atoms with E-state index < -0.39 is 253 Å². The maximum absolute atomic E-state index is 13.8. The molecule has 8 heterocycles. The predicted octanol–water partition coefficient (Wildman–Crippen LogP) is 10.4. The van der Waals surface area contributed by atoms with Crippen molar-refractivity contribution in [3.8, 4) is 74.4 Å². The van der Waals surface area contributed by atoms with Gasteiger partial charge in [-0.2, -0.15) is 0 Å². The molecule has 0 spiro atoms. The maximum atomic E-state index is 13.8. The van der Waals surface area contributed by atoms with Crippen LogP contribution in [0.3, 0.4) is 0 Å². The molecule has 7 aromatic rings. The van der Waals surface area contributed by atoms with Crippen molar-refractivity contribution in [1.82, 2.24) is 5.32 Å². The van der Waals surface area contributed by atoms with Gasteiger partial charge in [0.1, 0.15) is 95.4 Å². The number of ether oxygens (including phenoxy) is 7. The number of hydrogen-bond acceptors (Lipinski definition) is 27. The Labute approximate surface area is 698 Å². The average Bonchev–Trinajstić information content (AvgIpc) is 0.756. The fourth-order valence-corrected chi connectivity index (χ4v) is 15.2. The van der Waals surface area contributed by atoms with Crippen molar-refractivity contribution in [2.24, 2.45) is 40.9 Å². The number of rotatable bonds is 18. The van der Waals surface area contributed by atoms with Gasteiger partial charge in [0, 0.05) is 35.6 Å². The van der Waals surface area contributed by atoms with E-state index in [1.807, 2.05) is 0 Å². The van der Waals surface area contributed by atoms with E-state index in [2.05, 4.69) is 54.1 Å². The highest BCUT2D eigenvalue weighted by Crippen LogP contribution is 2.51. The number of aliphatic hydroxyl groups is 14. The van der Waals surface area contributed by atoms with E-state index >= 15 is 0 Å². The summed E-state index contributed by atoms with van der Waals surface area (Å²) in [5, 5.41) is 227. The van der Waals surface area contributed by atoms with Crippen molar-refractivity contribution in [2.75, 3.05) is 13.7 Å². The van der Waals surface area contributed by atoms with Crippen molar-refractivity contribution in [3.63, 3.8) is 0 Å². The lowest BCUT2D eigenvalue weighted by molar-refractivity contribution is -0.277. The molecule has 0 radical (unpaired) electrons. The van der Waals surface area contributed by atoms with E-state index in [1.165, 1.54) is 61.6 Å². The van der Waals surface area contributed by atoms with Gasteiger partial charge < -0.3 is 135 Å². The van der Waals surface area contributed by atoms with Gasteiger partial charge in [0.05, 0.1) is 16.7 Å². The quantitative estimate of drug-likeness (QED) is 0.0216. The molecule has 0 saturated carbocycles. The summed E-state index contributed by atoms with van der Waals surface area (Å²) in [6.45, 7) is 3.35. The molecule has 8 unspecified atom stereocenters. The molecule has 15 rings (SSSR count). The summed E-state index contributed by atoms with van der Waals surface area (Å²) < 4.78 is 44.3. The van der Waals surface area contributed by atoms with Crippen LogP contribution in [-0.4, -0.2) is 237 Å². The Morgan fingerprint density at radius 1 is 0.537 bits per heavy atom. The van der Waals surface area contributed by atoms with Crippen LogP contribution in [0, 0.1) is 5.92 Å². The third kappa shape index (κ3) is 18.9. The second-order valence-electron chi connectivity index (χ2n) is 30.0. The second kappa shape index (κ2) is 37.1. The van der Waals surface area contributed by atoms with E-state index in [4.69, 9.17) is 56.4 Å². The number of halogens is 2. The van der Waals surface area contributed by atoms with Gasteiger partial charge in [-0.1, -0.05) is 118 Å². The van der Waals surface area contributed by atoms with Crippen LogP contribution in [0.15, 0.2) is 156 Å². The van der Waals surface area contributed by atoms with Crippen molar-refractivity contribution in [1.29, 1.82) is 0 Å². The SMILES string of the molecule is CNC1C(O)=NC2Cc3ccc(cc3)Oc3cc4cc(c3O[C@@H]3O[C@H](C(=O)O)[C@@H](O)[C@H](O)[C@H]3N=C(O)CCCCCCCCC(C)C)Oc3ccc(cc3Cl)C(O)C3N=C(O)C(N=C(O)C4N=C(O)C(N=C2O)c2cc(cc(O)c2Cl)Oc2cc1ccc2O)c1ccc(O)c(c1)-c1c(O[C@H]2O[C@H](CO)[C@@H](O)[C@H](O)[C@@H]2O)cccc1C(C(=O)O)N=C3O. The topological polar surface area (TPSA) is 582 Å². The molecule has 2 fully saturated rings. The van der Waals surface area contributed by atoms with Crippen molar-refractivity contribution in [2.45, 2.75) is 181 Å². The van der Waals surface area contributed by atoms with Gasteiger partial charge in [0.25, 0.3) is 0 Å². The smallest absolute Gasteiger partial charge is 0.335 e. The van der Waals surface area contributed by atoms with Crippen LogP contribution in [-0.2, 0) is 25.5 Å². The minimum Gasteiger partial charge on any atom is -0.507 e. The molecular weight excluding hydrogens is 1630 g/mol. The number of likely N-dealkylation sites (N-methyl/N-ethyl adjacent to an activating group) is 1. The largest absolute Gasteiger partial charge is 0.507 e. The number of carboxylic acids is 2. The zero-order valence-corrected chi connectivity index (χ0v) is 66.2. The molecule has 8 aliphatic rings. The summed E-state index contributed by atoms with van der Waals surface area (Å²) in [4.78, 5) is 58.2. The average molecular weight is 1720 g/mol. The summed E-state index contributed by atoms with van der Waals surface area (Å²) in [7, 11) is 1.46. The zero-order valence-electron chi connectivity index (χ0n) is 64.6. The van der Waals surface area contributed by atoms with Crippen LogP contribution in [0.4, 0.5) is 0 Å². The number of phenols is 3. The summed E-state index contributed by atoms with van der Waals surface area (Å²) in [5.74, 6) is -16.1. The standard InChI is InChI=1S/C83H88Cl2N8O28/c1-34(2)11-8-6-4-5-7-9-14-56(98)88-65-68(101)70(103)73(81(113)114)121-82(65)120-72-53-29-39-30-54(72)117-50-24-19-38(27-45(50)84)66(99)64-79(110)92-63(80(111)112)42-12-10-13-51(118-83-71(104)69(102)67(100)55(33-94)119-83)57(42)43-26-36(17-22-47(43)95)60(76(107)93-64)89-77(108)61(39)90-78(109)62-44-31-41(32-49(97)58(44)85)116-52-28-37(18-23-48(52)96)59(86-3)75(106)87-46(74(105)91-62)25-35-15-20-40(115-53)21-16-35/h10,12-13,15-24,26-32,34,46,55,59-71,73,82-83,86,94-97,99-104H,4-9,11,14,25,33H2,1-3H3,(H,87,106)(H,88,98)(H,89,108)(H,90,109)(H,91,105)(H,92,110)(H,93,107)(H,111,112)(H,113,114)/t46?,55-,59?,60?,61?,62?,63?,64?,65-,66?,67-,68-,69+,70+,71+,73+,82-,83+/m1/s1. The number of hydrogen-bond donors (Lipinski definition) is 20. The summed E-state index contributed by atoms with van der Waals surface area (Å²) in [5.41, 5.74) is -2.39. The Morgan fingerprint density at radius 2 is 1.18 bits per heavy atom. The zero-order chi connectivity index (χ0) is 86.7. The summed E-state index contributed by atoms with van der Waals surface area (Å²) >= 11 is 14.2. The number of carbonyl (C=O) groups is 2. The number of nitrogens with zero attached hydrogens (tertiary/aromatic N) is 7. The number of aliphatic imine (C=N–C) groups is 7. The highest BCUT2D eigenvalue weighted by atomic mass is 35.5. The minimum absolute atomic E-state index is 0.0780. The molecule has 20 N–H and O–H groups in total. The molecule has 121 heavy (non-hydrogen) atoms. The van der Waals surface area contributed by atoms with Crippen molar-refractivity contribution in [3.05, 3.63) is 170 Å². The number of nitrogens with one attached hydrogen (secondary N) is 1. The molecule has 0 aromatic heterocycles. The molecule has 18 atom stereocenters. The van der Waals surface area contributed by atoms with Crippen LogP contribution in [0.1, 0.15) is 140 Å². The molecule has 36 nitrogen and oxygen atoms in total. The first-order chi connectivity index (χ1) is 57.8. The summed E-state index contributed by atoms with van der Waals surface area (Å²) in [6, 6.07) is 7.69. The molecule has 0 aliphatic carbocycles. The van der Waals surface area contributed by atoms with Crippen molar-refractivity contribution < 1.29 is 140 Å². The van der Waals surface area contributed by atoms with E-state index in [-0.39, 0.29) is 46.8 Å². The maximum Gasteiger partial charge on any atom is 0.335 e. The molecule has 642 valence electrons. The fraction of sp³-hybridized carbons (Fsp3) is 0.386. The normalized spacial score (nSPS) is 26.8. The van der Waals surface area contributed by atoms with Crippen molar-refractivity contribution >= 4 is 76.4 Å². The van der Waals surface area contributed by atoms with E-state index in [0.717, 1.165) is 98.8 Å². The third-order valence-corrected chi connectivity index (χ3v) is 21.9.